The molecule has 8 aromatic rings. The molecule has 0 bridgehead atoms. The molecule has 79 heavy (non-hydrogen) atoms. The first-order valence-electron chi connectivity index (χ1n) is 23.9. The number of benzene rings is 6. The van der Waals surface area contributed by atoms with Crippen LogP contribution < -0.4 is 41.4 Å². The quantitative estimate of drug-likeness (QED) is 0.0615. The predicted octanol–water partition coefficient (Wildman–Crippen LogP) is 7.95. The number of aromatic nitrogens is 2. The number of ether oxygens (including phenoxy) is 2. The molecule has 8 rings (SSSR count). The number of aromatic carboxylic acids is 2. The topological polar surface area (TPSA) is 235 Å². The normalized spacial score (nSPS) is 11.3. The molecule has 6 aromatic carbocycles. The number of nitrogens with one attached hydrogen (secondary N) is 2. The minimum Gasteiger partial charge on any atom is -0.545 e. The van der Waals surface area contributed by atoms with E-state index in [1.54, 1.807) is 36.4 Å². The van der Waals surface area contributed by atoms with Crippen molar-refractivity contribution in [2.45, 2.75) is 38.8 Å². The zero-order valence-electron chi connectivity index (χ0n) is 43.0. The summed E-state index contributed by atoms with van der Waals surface area (Å²) in [4.78, 5) is 101. The Balaban J connectivity index is 0.000000252. The third-order valence-electron chi connectivity index (χ3n) is 12.4. The number of ketones is 2. The number of carbonyl (C=O) groups is 6. The van der Waals surface area contributed by atoms with Gasteiger partial charge in [-0.05, 0) is 108 Å². The fraction of sp³-hybridized carbons (Fsp3) is 0.133. The molecular weight excluding hydrogens is 1080 g/mol. The molecule has 2 N–H and O–H groups in total. The number of methoxy groups -OCH3 is 2. The van der Waals surface area contributed by atoms with Crippen LogP contribution in [0.3, 0.4) is 0 Å². The zero-order chi connectivity index (χ0) is 56.2. The van der Waals surface area contributed by atoms with Crippen molar-refractivity contribution in [2.75, 3.05) is 24.9 Å². The number of nitrogens with zero attached hydrogens (tertiary/aromatic N) is 2. The zero-order valence-corrected chi connectivity index (χ0v) is 46.7. The smallest absolute Gasteiger partial charge is 0.545 e. The maximum absolute atomic E-state index is 13.5. The third kappa shape index (κ3) is 15.1. The summed E-state index contributed by atoms with van der Waals surface area (Å²) in [5.41, 5.74) is 3.62. The number of hydrogen-bond donors (Lipinski definition) is 2. The van der Waals surface area contributed by atoms with Gasteiger partial charge >= 0.3 is 37.7 Å². The minimum atomic E-state index is -1.33. The van der Waals surface area contributed by atoms with Crippen LogP contribution in [0.15, 0.2) is 180 Å². The predicted molar refractivity (Wildman–Crippen MR) is 298 cm³/mol. The van der Waals surface area contributed by atoms with E-state index in [2.05, 4.69) is 10.6 Å². The molecule has 0 saturated carbocycles. The van der Waals surface area contributed by atoms with E-state index in [9.17, 15) is 48.6 Å². The first kappa shape index (κ1) is 60.1. The van der Waals surface area contributed by atoms with Crippen molar-refractivity contribution in [1.82, 2.24) is 9.13 Å². The van der Waals surface area contributed by atoms with Crippen molar-refractivity contribution in [3.05, 3.63) is 234 Å². The van der Waals surface area contributed by atoms with Gasteiger partial charge in [-0.1, -0.05) is 108 Å². The number of halogens is 2. The summed E-state index contributed by atoms with van der Waals surface area (Å²) >= 11 is 12.4. The molecule has 0 unspecified atom stereocenters. The molecule has 2 aromatic heterocycles. The molecule has 0 aliphatic carbocycles. The van der Waals surface area contributed by atoms with Gasteiger partial charge in [0.2, 0.25) is 11.8 Å². The second-order valence-electron chi connectivity index (χ2n) is 17.6. The number of carbonyl (C=O) groups excluding carboxylic acids is 6. The van der Waals surface area contributed by atoms with Gasteiger partial charge in [0, 0.05) is 68.6 Å². The molecule has 0 spiro atoms. The van der Waals surface area contributed by atoms with Gasteiger partial charge in [0.05, 0.1) is 38.6 Å². The second kappa shape index (κ2) is 27.5. The summed E-state index contributed by atoms with van der Waals surface area (Å²) in [7, 11) is 2.85. The molecule has 0 aliphatic rings. The van der Waals surface area contributed by atoms with Crippen molar-refractivity contribution in [3.63, 3.8) is 0 Å². The Morgan fingerprint density at radius 1 is 0.494 bits per heavy atom. The Bertz CT molecular complexity index is 3440. The van der Waals surface area contributed by atoms with E-state index in [0.717, 1.165) is 11.1 Å². The molecule has 396 valence electrons. The van der Waals surface area contributed by atoms with E-state index in [-0.39, 0.29) is 84.8 Å². The van der Waals surface area contributed by atoms with Gasteiger partial charge in [-0.3, -0.25) is 37.9 Å². The van der Waals surface area contributed by atoms with Crippen LogP contribution in [0.4, 0.5) is 11.4 Å². The average molecular weight is 1130 g/mol. The molecule has 19 heteroatoms. The molecule has 2 heterocycles. The Kier molecular flexibility index (Phi) is 20.9. The minimum absolute atomic E-state index is 0. The van der Waals surface area contributed by atoms with Gasteiger partial charge in [-0.25, -0.2) is 0 Å². The van der Waals surface area contributed by atoms with Gasteiger partial charge in [-0.2, -0.15) is 0 Å². The summed E-state index contributed by atoms with van der Waals surface area (Å²) in [6.07, 6.45) is 3.24. The molecule has 16 nitrogen and oxygen atoms in total. The number of rotatable bonds is 18. The maximum Gasteiger partial charge on any atom is 2.00 e. The Hall–Kier alpha value is -8.12. The number of amides is 2. The van der Waals surface area contributed by atoms with Gasteiger partial charge < -0.3 is 39.9 Å². The van der Waals surface area contributed by atoms with Crippen LogP contribution in [-0.2, 0) is 22.4 Å². The second-order valence-corrected chi connectivity index (χ2v) is 18.5. The number of carboxylic acids is 2. The van der Waals surface area contributed by atoms with Crippen molar-refractivity contribution in [3.8, 4) is 33.8 Å². The van der Waals surface area contributed by atoms with E-state index in [0.29, 0.717) is 54.8 Å². The molecule has 0 fully saturated rings. The molecule has 0 saturated heterocycles. The molecule has 0 aliphatic heterocycles. The van der Waals surface area contributed by atoms with Crippen molar-refractivity contribution in [1.29, 1.82) is 0 Å². The molecule has 2 atom stereocenters. The van der Waals surface area contributed by atoms with E-state index < -0.39 is 47.0 Å². The monoisotopic (exact) mass is 1130 g/mol. The Morgan fingerprint density at radius 2 is 0.835 bits per heavy atom. The van der Waals surface area contributed by atoms with Gasteiger partial charge in [0.15, 0.2) is 11.6 Å². The van der Waals surface area contributed by atoms with E-state index in [4.69, 9.17) is 32.7 Å². The first-order valence-corrected chi connectivity index (χ1v) is 24.7. The molecule has 2 amide bonds. The van der Waals surface area contributed by atoms with Crippen molar-refractivity contribution in [2.24, 2.45) is 0 Å². The van der Waals surface area contributed by atoms with Crippen LogP contribution >= 0.6 is 23.2 Å². The van der Waals surface area contributed by atoms with Crippen LogP contribution in [0, 0.1) is 0 Å². The number of anilines is 2. The van der Waals surface area contributed by atoms with Gasteiger partial charge in [0.25, 0.3) is 11.1 Å². The fourth-order valence-electron chi connectivity index (χ4n) is 8.52. The van der Waals surface area contributed by atoms with Crippen molar-refractivity contribution >= 4 is 108 Å². The number of carboxylic acid groups (broad SMARTS) is 2. The van der Waals surface area contributed by atoms with E-state index in [1.807, 2.05) is 60.7 Å². The van der Waals surface area contributed by atoms with E-state index >= 15 is 0 Å². The standard InChI is InChI=1S/2C30H25ClN2O6.Ca/c2*1-18(34)23-13-10-21(31)15-24(23)25-16-28(35)33(17-27(25)39-2)26(14-19-6-4-3-5-7-19)29(36)32-22-11-8-20(9-12-22)30(37)38;/h2*3-13,15-17,26H,14H2,1-2H3,(H,32,36)(H,37,38);/q;;+2/p-2/t2*26-;/m00./s1. The maximum atomic E-state index is 13.5. The van der Waals surface area contributed by atoms with Gasteiger partial charge in [0.1, 0.15) is 23.6 Å². The van der Waals surface area contributed by atoms with Gasteiger partial charge in [-0.15, -0.1) is 0 Å². The van der Waals surface area contributed by atoms with Crippen LogP contribution in [0.5, 0.6) is 11.5 Å². The fourth-order valence-corrected chi connectivity index (χ4v) is 8.87. The van der Waals surface area contributed by atoms with Crippen LogP contribution in [0.1, 0.15) is 78.5 Å². The summed E-state index contributed by atoms with van der Waals surface area (Å²) in [5.74, 6) is -3.54. The van der Waals surface area contributed by atoms with Crippen LogP contribution in [0.2, 0.25) is 10.0 Å². The number of Topliss-reactive ketones (excluding diaryl/α,β-unsaturated/α-hetero) is 2. The third-order valence-corrected chi connectivity index (χ3v) is 12.9. The number of pyridine rings is 2. The SMILES string of the molecule is COc1cn([C@@H](Cc2ccccc2)C(=O)Nc2ccc(C(=O)[O-])cc2)c(=O)cc1-c1cc(Cl)ccc1C(C)=O.COc1cn([C@@H](Cc2ccccc2)C(=O)Nc2ccc(C(=O)[O-])cc2)c(=O)cc1-c1cc(Cl)ccc1C(C)=O.[Ca+2]. The van der Waals surface area contributed by atoms with Crippen LogP contribution in [-0.4, -0.2) is 96.4 Å². The summed E-state index contributed by atoms with van der Waals surface area (Å²) in [5, 5.41) is 28.4. The molecule has 0 radical (unpaired) electrons. The Labute approximate surface area is 493 Å². The van der Waals surface area contributed by atoms with Crippen molar-refractivity contribution < 1.29 is 48.5 Å². The Morgan fingerprint density at radius 3 is 1.14 bits per heavy atom. The number of hydrogen-bond acceptors (Lipinski definition) is 12. The summed E-state index contributed by atoms with van der Waals surface area (Å²) in [6, 6.07) is 39.6. The average Bonchev–Trinajstić information content (AvgIpc) is 3.43. The summed E-state index contributed by atoms with van der Waals surface area (Å²) in [6.45, 7) is 2.83. The molecular formula is C60H48CaCl2N4O12. The first-order chi connectivity index (χ1) is 37.3. The largest absolute Gasteiger partial charge is 2.00 e. The van der Waals surface area contributed by atoms with Crippen LogP contribution in [0.25, 0.3) is 22.3 Å². The summed E-state index contributed by atoms with van der Waals surface area (Å²) < 4.78 is 13.7. The van der Waals surface area contributed by atoms with E-state index in [1.165, 1.54) is 110 Å².